The van der Waals surface area contributed by atoms with E-state index in [0.717, 1.165) is 6.07 Å². The molecule has 0 heterocycles. The number of carbonyl (C=O) groups is 1. The number of anilines is 1. The minimum absolute atomic E-state index is 0.284. The van der Waals surface area contributed by atoms with E-state index in [1.54, 1.807) is 6.07 Å². The maximum Gasteiger partial charge on any atom is 0.262 e. The van der Waals surface area contributed by atoms with Crippen molar-refractivity contribution in [1.82, 2.24) is 0 Å². The lowest BCUT2D eigenvalue weighted by Gasteiger charge is -2.11. The topological polar surface area (TPSA) is 56.8 Å². The van der Waals surface area contributed by atoms with Crippen molar-refractivity contribution in [3.63, 3.8) is 0 Å². The summed E-state index contributed by atoms with van der Waals surface area (Å²) < 4.78 is 54.8. The fraction of sp³-hybridized carbons (Fsp3) is 0.188. The van der Waals surface area contributed by atoms with Crippen LogP contribution in [0.2, 0.25) is 0 Å². The second-order valence-electron chi connectivity index (χ2n) is 4.61. The average molecular weight is 341 g/mol. The molecule has 0 aliphatic heterocycles. The first-order valence-electron chi connectivity index (χ1n) is 6.73. The number of methoxy groups -OCH3 is 2. The van der Waals surface area contributed by atoms with E-state index in [9.17, 15) is 18.0 Å². The first kappa shape index (κ1) is 17.5. The first-order chi connectivity index (χ1) is 11.4. The van der Waals surface area contributed by atoms with Gasteiger partial charge >= 0.3 is 0 Å². The van der Waals surface area contributed by atoms with Crippen molar-refractivity contribution in [3.05, 3.63) is 47.8 Å². The van der Waals surface area contributed by atoms with Gasteiger partial charge in [0.05, 0.1) is 19.9 Å². The molecule has 0 saturated heterocycles. The molecule has 0 aromatic heterocycles. The van der Waals surface area contributed by atoms with E-state index in [1.165, 1.54) is 26.4 Å². The Morgan fingerprint density at radius 1 is 0.958 bits per heavy atom. The van der Waals surface area contributed by atoms with E-state index in [4.69, 9.17) is 14.2 Å². The molecule has 0 radical (unpaired) electrons. The Kier molecular flexibility index (Phi) is 5.51. The highest BCUT2D eigenvalue weighted by atomic mass is 19.2. The number of hydrogen-bond acceptors (Lipinski definition) is 4. The first-order valence-corrected chi connectivity index (χ1v) is 6.73. The van der Waals surface area contributed by atoms with Gasteiger partial charge in [0.25, 0.3) is 5.91 Å². The Bertz CT molecular complexity index is 730. The number of rotatable bonds is 6. The van der Waals surface area contributed by atoms with Crippen LogP contribution in [-0.4, -0.2) is 26.7 Å². The summed E-state index contributed by atoms with van der Waals surface area (Å²) in [4.78, 5) is 11.8. The molecule has 1 N–H and O–H groups in total. The molecule has 8 heteroatoms. The van der Waals surface area contributed by atoms with Crippen LogP contribution < -0.4 is 19.5 Å². The van der Waals surface area contributed by atoms with Gasteiger partial charge in [-0.2, -0.15) is 0 Å². The third kappa shape index (κ3) is 4.09. The number of amides is 1. The fourth-order valence-corrected chi connectivity index (χ4v) is 1.82. The van der Waals surface area contributed by atoms with Crippen molar-refractivity contribution in [2.45, 2.75) is 0 Å². The highest BCUT2D eigenvalue weighted by molar-refractivity contribution is 5.92. The Morgan fingerprint density at radius 3 is 2.12 bits per heavy atom. The summed E-state index contributed by atoms with van der Waals surface area (Å²) in [6.45, 7) is -0.477. The van der Waals surface area contributed by atoms with Gasteiger partial charge in [0, 0.05) is 18.2 Å². The molecule has 0 unspecified atom stereocenters. The number of nitrogens with one attached hydrogen (secondary N) is 1. The molecule has 0 spiro atoms. The van der Waals surface area contributed by atoms with Crippen LogP contribution in [-0.2, 0) is 4.79 Å². The van der Waals surface area contributed by atoms with Crippen LogP contribution in [0.25, 0.3) is 0 Å². The zero-order chi connectivity index (χ0) is 17.7. The summed E-state index contributed by atoms with van der Waals surface area (Å²) in [5.74, 6) is -4.04. The van der Waals surface area contributed by atoms with Gasteiger partial charge in [-0.25, -0.2) is 13.2 Å². The van der Waals surface area contributed by atoms with Gasteiger partial charge in [0.1, 0.15) is 17.2 Å². The molecule has 0 aliphatic carbocycles. The summed E-state index contributed by atoms with van der Waals surface area (Å²) in [6.07, 6.45) is 0. The summed E-state index contributed by atoms with van der Waals surface area (Å²) in [5, 5.41) is 2.10. The molecule has 0 atom stereocenters. The van der Waals surface area contributed by atoms with Crippen molar-refractivity contribution in [2.24, 2.45) is 0 Å². The minimum atomic E-state index is -1.66. The second kappa shape index (κ2) is 7.58. The minimum Gasteiger partial charge on any atom is -0.496 e. The standard InChI is InChI=1S/C16H14F3NO4/c1-22-9-5-10(23-2)7-11(6-9)24-8-14(21)20-13-4-3-12(17)15(18)16(13)19/h3-7H,8H2,1-2H3,(H,20,21). The summed E-state index contributed by atoms with van der Waals surface area (Å²) in [5.41, 5.74) is -0.481. The normalized spacial score (nSPS) is 10.2. The zero-order valence-electron chi connectivity index (χ0n) is 12.9. The highest BCUT2D eigenvalue weighted by Crippen LogP contribution is 2.27. The van der Waals surface area contributed by atoms with Crippen molar-refractivity contribution in [3.8, 4) is 17.2 Å². The number of benzene rings is 2. The highest BCUT2D eigenvalue weighted by Gasteiger charge is 2.15. The van der Waals surface area contributed by atoms with Gasteiger partial charge in [-0.15, -0.1) is 0 Å². The van der Waals surface area contributed by atoms with Gasteiger partial charge in [-0.3, -0.25) is 4.79 Å². The monoisotopic (exact) mass is 341 g/mol. The maximum atomic E-state index is 13.5. The van der Waals surface area contributed by atoms with Crippen LogP contribution >= 0.6 is 0 Å². The van der Waals surface area contributed by atoms with Crippen molar-refractivity contribution in [2.75, 3.05) is 26.1 Å². The van der Waals surface area contributed by atoms with Crippen LogP contribution in [0.5, 0.6) is 17.2 Å². The third-order valence-corrected chi connectivity index (χ3v) is 3.00. The molecule has 0 fully saturated rings. The van der Waals surface area contributed by atoms with Crippen molar-refractivity contribution in [1.29, 1.82) is 0 Å². The molecule has 0 aliphatic rings. The fourth-order valence-electron chi connectivity index (χ4n) is 1.82. The largest absolute Gasteiger partial charge is 0.496 e. The molecular formula is C16H14F3NO4. The molecule has 0 saturated carbocycles. The van der Waals surface area contributed by atoms with E-state index in [2.05, 4.69) is 5.32 Å². The van der Waals surface area contributed by atoms with Gasteiger partial charge in [0.15, 0.2) is 24.1 Å². The van der Waals surface area contributed by atoms with Crippen LogP contribution in [0.15, 0.2) is 30.3 Å². The third-order valence-electron chi connectivity index (χ3n) is 3.00. The molecule has 2 aromatic rings. The van der Waals surface area contributed by atoms with E-state index in [1.807, 2.05) is 0 Å². The van der Waals surface area contributed by atoms with Crippen LogP contribution in [0.3, 0.4) is 0 Å². The summed E-state index contributed by atoms with van der Waals surface area (Å²) in [7, 11) is 2.91. The Balaban J connectivity index is 2.02. The van der Waals surface area contributed by atoms with Crippen LogP contribution in [0.4, 0.5) is 18.9 Å². The van der Waals surface area contributed by atoms with E-state index in [0.29, 0.717) is 17.6 Å². The Hall–Kier alpha value is -2.90. The van der Waals surface area contributed by atoms with E-state index >= 15 is 0 Å². The van der Waals surface area contributed by atoms with E-state index in [-0.39, 0.29) is 5.75 Å². The lowest BCUT2D eigenvalue weighted by molar-refractivity contribution is -0.118. The molecular weight excluding hydrogens is 327 g/mol. The second-order valence-corrected chi connectivity index (χ2v) is 4.61. The number of halogens is 3. The predicted octanol–water partition coefficient (Wildman–Crippen LogP) is 3.14. The number of carbonyl (C=O) groups excluding carboxylic acids is 1. The van der Waals surface area contributed by atoms with Gasteiger partial charge < -0.3 is 19.5 Å². The Morgan fingerprint density at radius 2 is 1.54 bits per heavy atom. The SMILES string of the molecule is COc1cc(OC)cc(OCC(=O)Nc2ccc(F)c(F)c2F)c1. The number of hydrogen-bond donors (Lipinski definition) is 1. The van der Waals surface area contributed by atoms with Gasteiger partial charge in [-0.1, -0.05) is 0 Å². The van der Waals surface area contributed by atoms with E-state index < -0.39 is 35.7 Å². The molecule has 24 heavy (non-hydrogen) atoms. The smallest absolute Gasteiger partial charge is 0.262 e. The molecule has 5 nitrogen and oxygen atoms in total. The van der Waals surface area contributed by atoms with Crippen molar-refractivity contribution < 1.29 is 32.2 Å². The average Bonchev–Trinajstić information content (AvgIpc) is 2.60. The van der Waals surface area contributed by atoms with Crippen LogP contribution in [0.1, 0.15) is 0 Å². The lowest BCUT2D eigenvalue weighted by atomic mass is 10.2. The molecule has 2 rings (SSSR count). The van der Waals surface area contributed by atoms with Gasteiger partial charge in [-0.05, 0) is 12.1 Å². The number of ether oxygens (including phenoxy) is 3. The molecule has 2 aromatic carbocycles. The lowest BCUT2D eigenvalue weighted by Crippen LogP contribution is -2.21. The predicted molar refractivity (Wildman–Crippen MR) is 80.0 cm³/mol. The summed E-state index contributed by atoms with van der Waals surface area (Å²) >= 11 is 0. The molecule has 0 bridgehead atoms. The maximum absolute atomic E-state index is 13.5. The van der Waals surface area contributed by atoms with Crippen molar-refractivity contribution >= 4 is 11.6 Å². The molecule has 1 amide bonds. The Labute approximate surface area is 135 Å². The zero-order valence-corrected chi connectivity index (χ0v) is 12.9. The van der Waals surface area contributed by atoms with Gasteiger partial charge in [0.2, 0.25) is 0 Å². The quantitative estimate of drug-likeness (QED) is 0.820. The summed E-state index contributed by atoms with van der Waals surface area (Å²) in [6, 6.07) is 6.29. The van der Waals surface area contributed by atoms with Crippen LogP contribution in [0, 0.1) is 17.5 Å². The molecule has 128 valence electrons.